The molecule has 3 heteroatoms. The average Bonchev–Trinajstić information content (AvgIpc) is 2.54. The van der Waals surface area contributed by atoms with Crippen molar-refractivity contribution >= 4 is 34.2 Å². The molecular weight excluding hydrogens is 322 g/mol. The molecule has 1 aromatic rings. The number of hydrogen-bond donors (Lipinski definition) is 0. The third-order valence-electron chi connectivity index (χ3n) is 3.38. The predicted octanol–water partition coefficient (Wildman–Crippen LogP) is 3.93. The van der Waals surface area contributed by atoms with Gasteiger partial charge in [0, 0.05) is 26.8 Å². The summed E-state index contributed by atoms with van der Waals surface area (Å²) < 4.78 is 7.24. The fraction of sp³-hybridized carbons (Fsp3) is 0.500. The molecule has 1 fully saturated rings. The maximum absolute atomic E-state index is 6.18. The molecule has 3 atom stereocenters. The molecule has 3 rings (SSSR count). The summed E-state index contributed by atoms with van der Waals surface area (Å²) in [5, 5.41) is 0.305. The van der Waals surface area contributed by atoms with E-state index in [1.165, 1.54) is 15.6 Å². The van der Waals surface area contributed by atoms with Gasteiger partial charge in [-0.2, -0.15) is 0 Å². The zero-order valence-corrected chi connectivity index (χ0v) is 11.2. The highest BCUT2D eigenvalue weighted by Gasteiger charge is 2.38. The van der Waals surface area contributed by atoms with Gasteiger partial charge in [-0.15, -0.1) is 11.6 Å². The van der Waals surface area contributed by atoms with Crippen LogP contribution in [0.1, 0.15) is 30.7 Å². The van der Waals surface area contributed by atoms with Gasteiger partial charge in [-0.25, -0.2) is 0 Å². The molecule has 2 aliphatic rings. The van der Waals surface area contributed by atoms with Crippen LogP contribution in [0.3, 0.4) is 0 Å². The minimum absolute atomic E-state index is 0.305. The van der Waals surface area contributed by atoms with Gasteiger partial charge in [0.2, 0.25) is 0 Å². The Hall–Kier alpha value is 0.0400. The monoisotopic (exact) mass is 334 g/mol. The summed E-state index contributed by atoms with van der Waals surface area (Å²) in [5.41, 5.74) is 1.40. The van der Waals surface area contributed by atoms with Gasteiger partial charge in [0.25, 0.3) is 0 Å². The normalized spacial score (nSPS) is 33.1. The van der Waals surface area contributed by atoms with Gasteiger partial charge in [-0.1, -0.05) is 0 Å². The molecule has 0 aromatic heterocycles. The van der Waals surface area contributed by atoms with Crippen LogP contribution in [-0.2, 0) is 0 Å². The SMILES string of the molecule is ClC1CCC2c3cc(I)ccc3O[C@H]2C1. The van der Waals surface area contributed by atoms with Crippen LogP contribution in [0.4, 0.5) is 0 Å². The van der Waals surface area contributed by atoms with Crippen molar-refractivity contribution in [1.29, 1.82) is 0 Å². The predicted molar refractivity (Wildman–Crippen MR) is 69.8 cm³/mol. The van der Waals surface area contributed by atoms with E-state index in [0.29, 0.717) is 17.4 Å². The van der Waals surface area contributed by atoms with Crippen LogP contribution in [0.2, 0.25) is 0 Å². The molecule has 0 N–H and O–H groups in total. The van der Waals surface area contributed by atoms with Gasteiger partial charge in [0.15, 0.2) is 0 Å². The Kier molecular flexibility index (Phi) is 2.59. The summed E-state index contributed by atoms with van der Waals surface area (Å²) in [6.45, 7) is 0. The fourth-order valence-corrected chi connectivity index (χ4v) is 3.46. The van der Waals surface area contributed by atoms with Crippen molar-refractivity contribution in [1.82, 2.24) is 0 Å². The first-order valence-corrected chi connectivity index (χ1v) is 6.86. The Labute approximate surface area is 108 Å². The highest BCUT2D eigenvalue weighted by Crippen LogP contribution is 2.46. The van der Waals surface area contributed by atoms with E-state index in [0.717, 1.165) is 18.6 Å². The summed E-state index contributed by atoms with van der Waals surface area (Å²) in [5.74, 6) is 1.67. The van der Waals surface area contributed by atoms with E-state index in [4.69, 9.17) is 16.3 Å². The van der Waals surface area contributed by atoms with Crippen LogP contribution in [0, 0.1) is 3.57 Å². The molecular formula is C12H12ClIO. The quantitative estimate of drug-likeness (QED) is 0.516. The number of alkyl halides is 1. The maximum Gasteiger partial charge on any atom is 0.123 e. The Bertz CT molecular complexity index is 393. The molecule has 1 aliphatic heterocycles. The first-order valence-electron chi connectivity index (χ1n) is 5.34. The van der Waals surface area contributed by atoms with E-state index < -0.39 is 0 Å². The number of fused-ring (bicyclic) bond motifs is 3. The van der Waals surface area contributed by atoms with Crippen molar-refractivity contribution < 1.29 is 4.74 Å². The molecule has 0 bridgehead atoms. The smallest absolute Gasteiger partial charge is 0.123 e. The minimum atomic E-state index is 0.305. The molecule has 0 saturated heterocycles. The van der Waals surface area contributed by atoms with Crippen molar-refractivity contribution in [3.8, 4) is 5.75 Å². The summed E-state index contributed by atoms with van der Waals surface area (Å²) in [6.07, 6.45) is 3.62. The largest absolute Gasteiger partial charge is 0.489 e. The Morgan fingerprint density at radius 1 is 1.33 bits per heavy atom. The topological polar surface area (TPSA) is 9.23 Å². The second kappa shape index (κ2) is 3.81. The fourth-order valence-electron chi connectivity index (χ4n) is 2.65. The van der Waals surface area contributed by atoms with Gasteiger partial charge in [0.05, 0.1) is 0 Å². The average molecular weight is 335 g/mol. The molecule has 0 radical (unpaired) electrons. The molecule has 1 aliphatic carbocycles. The van der Waals surface area contributed by atoms with Gasteiger partial charge >= 0.3 is 0 Å². The van der Waals surface area contributed by atoms with Crippen LogP contribution < -0.4 is 4.74 Å². The number of ether oxygens (including phenoxy) is 1. The van der Waals surface area contributed by atoms with E-state index in [-0.39, 0.29) is 0 Å². The van der Waals surface area contributed by atoms with E-state index in [2.05, 4.69) is 40.8 Å². The van der Waals surface area contributed by atoms with Crippen LogP contribution in [-0.4, -0.2) is 11.5 Å². The third kappa shape index (κ3) is 1.76. The highest BCUT2D eigenvalue weighted by molar-refractivity contribution is 14.1. The molecule has 0 amide bonds. The maximum atomic E-state index is 6.18. The zero-order chi connectivity index (χ0) is 10.4. The Morgan fingerprint density at radius 3 is 3.07 bits per heavy atom. The number of benzene rings is 1. The second-order valence-corrected chi connectivity index (χ2v) is 6.22. The van der Waals surface area contributed by atoms with Crippen LogP contribution in [0.5, 0.6) is 5.75 Å². The molecule has 2 unspecified atom stereocenters. The van der Waals surface area contributed by atoms with Crippen molar-refractivity contribution in [2.75, 3.05) is 0 Å². The molecule has 1 heterocycles. The van der Waals surface area contributed by atoms with Gasteiger partial charge in [0.1, 0.15) is 11.9 Å². The van der Waals surface area contributed by atoms with Crippen molar-refractivity contribution in [2.24, 2.45) is 0 Å². The highest BCUT2D eigenvalue weighted by atomic mass is 127. The summed E-state index contributed by atoms with van der Waals surface area (Å²) in [7, 11) is 0. The first kappa shape index (κ1) is 10.2. The number of hydrogen-bond acceptors (Lipinski definition) is 1. The van der Waals surface area contributed by atoms with Crippen LogP contribution >= 0.6 is 34.2 Å². The van der Waals surface area contributed by atoms with Gasteiger partial charge in [-0.3, -0.25) is 0 Å². The molecule has 80 valence electrons. The van der Waals surface area contributed by atoms with E-state index >= 15 is 0 Å². The first-order chi connectivity index (χ1) is 7.24. The van der Waals surface area contributed by atoms with E-state index in [1.54, 1.807) is 0 Å². The molecule has 1 saturated carbocycles. The number of rotatable bonds is 0. The van der Waals surface area contributed by atoms with E-state index in [9.17, 15) is 0 Å². The standard InChI is InChI=1S/C12H12ClIO/c13-7-1-3-9-10-6-8(14)2-4-11(10)15-12(9)5-7/h2,4,6-7,9,12H,1,3,5H2/t7?,9?,12-/m0/s1. The lowest BCUT2D eigenvalue weighted by atomic mass is 9.83. The lowest BCUT2D eigenvalue weighted by Gasteiger charge is -2.27. The summed E-state index contributed by atoms with van der Waals surface area (Å²) in [4.78, 5) is 0. The molecule has 15 heavy (non-hydrogen) atoms. The lowest BCUT2D eigenvalue weighted by molar-refractivity contribution is 0.166. The lowest BCUT2D eigenvalue weighted by Crippen LogP contribution is -2.28. The summed E-state index contributed by atoms with van der Waals surface area (Å²) >= 11 is 8.54. The minimum Gasteiger partial charge on any atom is -0.489 e. The van der Waals surface area contributed by atoms with Crippen molar-refractivity contribution in [3.63, 3.8) is 0 Å². The number of halogens is 2. The third-order valence-corrected chi connectivity index (χ3v) is 4.44. The molecule has 0 spiro atoms. The molecule has 1 aromatic carbocycles. The van der Waals surface area contributed by atoms with Gasteiger partial charge in [-0.05, 0) is 53.6 Å². The van der Waals surface area contributed by atoms with E-state index in [1.807, 2.05) is 0 Å². The molecule has 1 nitrogen and oxygen atoms in total. The van der Waals surface area contributed by atoms with Crippen LogP contribution in [0.15, 0.2) is 18.2 Å². The van der Waals surface area contributed by atoms with Crippen molar-refractivity contribution in [2.45, 2.75) is 36.7 Å². The van der Waals surface area contributed by atoms with Crippen molar-refractivity contribution in [3.05, 3.63) is 27.3 Å². The zero-order valence-electron chi connectivity index (χ0n) is 8.25. The Morgan fingerprint density at radius 2 is 2.20 bits per heavy atom. The Balaban J connectivity index is 1.96. The summed E-state index contributed by atoms with van der Waals surface area (Å²) in [6, 6.07) is 6.46. The van der Waals surface area contributed by atoms with Gasteiger partial charge < -0.3 is 4.74 Å². The van der Waals surface area contributed by atoms with Crippen LogP contribution in [0.25, 0.3) is 0 Å². The second-order valence-electron chi connectivity index (χ2n) is 4.36.